The highest BCUT2D eigenvalue weighted by Gasteiger charge is 2.31. The fourth-order valence-electron chi connectivity index (χ4n) is 5.01. The van der Waals surface area contributed by atoms with Crippen molar-refractivity contribution in [3.8, 4) is 11.3 Å². The van der Waals surface area contributed by atoms with Gasteiger partial charge >= 0.3 is 0 Å². The molecule has 0 aliphatic carbocycles. The van der Waals surface area contributed by atoms with E-state index in [0.29, 0.717) is 30.1 Å². The lowest BCUT2D eigenvalue weighted by Gasteiger charge is -2.34. The number of nitrogens with two attached hydrogens (primary N) is 1. The first-order chi connectivity index (χ1) is 18.2. The number of sulfonamides is 1. The van der Waals surface area contributed by atoms with E-state index in [0.717, 1.165) is 50.0 Å². The highest BCUT2D eigenvalue weighted by molar-refractivity contribution is 7.92. The van der Waals surface area contributed by atoms with Crippen LogP contribution in [0.25, 0.3) is 17.0 Å². The van der Waals surface area contributed by atoms with Crippen molar-refractivity contribution in [2.75, 3.05) is 36.7 Å². The summed E-state index contributed by atoms with van der Waals surface area (Å²) in [6, 6.07) is 4.50. The summed E-state index contributed by atoms with van der Waals surface area (Å²) in [4.78, 5) is 20.2. The zero-order valence-corrected chi connectivity index (χ0v) is 23.1. The van der Waals surface area contributed by atoms with E-state index in [1.54, 1.807) is 19.1 Å². The zero-order valence-electron chi connectivity index (χ0n) is 21.5. The maximum Gasteiger partial charge on any atom is 0.232 e. The third-order valence-electron chi connectivity index (χ3n) is 7.01. The van der Waals surface area contributed by atoms with Crippen molar-refractivity contribution >= 4 is 44.9 Å². The number of likely N-dealkylation sites (tertiary alicyclic amines) is 1. The molecule has 9 nitrogen and oxygen atoms in total. The van der Waals surface area contributed by atoms with E-state index in [-0.39, 0.29) is 40.4 Å². The van der Waals surface area contributed by atoms with Crippen molar-refractivity contribution in [1.29, 1.82) is 5.41 Å². The van der Waals surface area contributed by atoms with Crippen molar-refractivity contribution in [2.45, 2.75) is 44.9 Å². The quantitative estimate of drug-likeness (QED) is 0.343. The van der Waals surface area contributed by atoms with E-state index in [4.69, 9.17) is 16.1 Å². The highest BCUT2D eigenvalue weighted by Crippen LogP contribution is 2.40. The summed E-state index contributed by atoms with van der Waals surface area (Å²) >= 11 is 1.36. The van der Waals surface area contributed by atoms with Gasteiger partial charge in [0.05, 0.1) is 32.7 Å². The van der Waals surface area contributed by atoms with Crippen LogP contribution in [0, 0.1) is 17.1 Å². The molecule has 2 fully saturated rings. The Morgan fingerprint density at radius 1 is 1.29 bits per heavy atom. The van der Waals surface area contributed by atoms with Crippen LogP contribution in [0.2, 0.25) is 0 Å². The predicted octanol–water partition coefficient (Wildman–Crippen LogP) is 3.76. The number of benzene rings is 1. The average Bonchev–Trinajstić information content (AvgIpc) is 3.35. The minimum Gasteiger partial charge on any atom is -0.397 e. The molecule has 1 aromatic heterocycles. The monoisotopic (exact) mass is 562 g/mol. The molecule has 2 saturated heterocycles. The van der Waals surface area contributed by atoms with Gasteiger partial charge in [-0.1, -0.05) is 13.0 Å². The molecule has 1 amide bonds. The first-order valence-corrected chi connectivity index (χ1v) is 15.5. The van der Waals surface area contributed by atoms with Crippen molar-refractivity contribution in [1.82, 2.24) is 15.2 Å². The second-order valence-electron chi connectivity index (χ2n) is 9.73. The van der Waals surface area contributed by atoms with Gasteiger partial charge < -0.3 is 21.4 Å². The van der Waals surface area contributed by atoms with Gasteiger partial charge in [-0.2, -0.15) is 0 Å². The number of amides is 1. The summed E-state index contributed by atoms with van der Waals surface area (Å²) in [7, 11) is -3.68. The van der Waals surface area contributed by atoms with Crippen LogP contribution < -0.4 is 15.8 Å². The number of hydrogen-bond acceptors (Lipinski definition) is 8. The average molecular weight is 563 g/mol. The van der Waals surface area contributed by atoms with Crippen LogP contribution in [-0.2, 0) is 14.8 Å². The van der Waals surface area contributed by atoms with Gasteiger partial charge in [-0.05, 0) is 63.4 Å². The van der Waals surface area contributed by atoms with Crippen molar-refractivity contribution in [3.63, 3.8) is 0 Å². The number of hydrogen-bond donors (Lipinski definition) is 4. The molecule has 0 atom stereocenters. The lowest BCUT2D eigenvalue weighted by atomic mass is 9.93. The molecule has 0 unspecified atom stereocenters. The second kappa shape index (κ2) is 12.4. The van der Waals surface area contributed by atoms with Crippen LogP contribution in [0.5, 0.6) is 0 Å². The van der Waals surface area contributed by atoms with Gasteiger partial charge in [0.1, 0.15) is 0 Å². The van der Waals surface area contributed by atoms with Crippen molar-refractivity contribution in [2.24, 2.45) is 11.7 Å². The molecule has 3 heterocycles. The van der Waals surface area contributed by atoms with Crippen molar-refractivity contribution < 1.29 is 17.6 Å². The molecule has 0 bridgehead atoms. The molecule has 12 heteroatoms. The summed E-state index contributed by atoms with van der Waals surface area (Å²) < 4.78 is 42.5. The van der Waals surface area contributed by atoms with E-state index < -0.39 is 15.8 Å². The molecule has 0 radical (unpaired) electrons. The Hall–Kier alpha value is -2.83. The van der Waals surface area contributed by atoms with Gasteiger partial charge in [0, 0.05) is 36.7 Å². The van der Waals surface area contributed by atoms with Crippen LogP contribution in [0.15, 0.2) is 24.3 Å². The lowest BCUT2D eigenvalue weighted by Crippen LogP contribution is -2.44. The zero-order chi connectivity index (χ0) is 27.3. The summed E-state index contributed by atoms with van der Waals surface area (Å²) in [6.45, 7) is 4.78. The number of allylic oxidation sites excluding steroid dienone is 1. The number of anilines is 1. The molecule has 5 N–H and O–H groups in total. The van der Waals surface area contributed by atoms with Crippen molar-refractivity contribution in [3.05, 3.63) is 40.0 Å². The second-order valence-corrected chi connectivity index (χ2v) is 12.6. The molecule has 2 aliphatic rings. The number of halogens is 1. The Morgan fingerprint density at radius 3 is 2.66 bits per heavy atom. The van der Waals surface area contributed by atoms with E-state index in [9.17, 15) is 13.2 Å². The molecule has 0 saturated carbocycles. The Morgan fingerprint density at radius 2 is 2.00 bits per heavy atom. The molecular weight excluding hydrogens is 527 g/mol. The third-order valence-corrected chi connectivity index (χ3v) is 9.75. The summed E-state index contributed by atoms with van der Waals surface area (Å²) in [5.41, 5.74) is 6.85. The molecule has 0 spiro atoms. The largest absolute Gasteiger partial charge is 0.397 e. The number of carbonyl (C=O) groups excluding carboxylic acids is 1. The predicted molar refractivity (Wildman–Crippen MR) is 150 cm³/mol. The number of carbonyl (C=O) groups is 1. The molecule has 206 valence electrons. The van der Waals surface area contributed by atoms with E-state index in [1.165, 1.54) is 23.5 Å². The Bertz CT molecular complexity index is 1300. The first-order valence-electron chi connectivity index (χ1n) is 13.0. The highest BCUT2D eigenvalue weighted by atomic mass is 32.2. The van der Waals surface area contributed by atoms with Crippen LogP contribution in [0.4, 0.5) is 10.1 Å². The fraction of sp³-hybridized carbons (Fsp3) is 0.500. The SMILES string of the molecule is CCCS(=O)(=O)Nc1cccc(-c2nc(C3CCN(C(=O)C4CCNCC4)CC3)sc2/C(N)=C/C=N)c1F. The number of rotatable bonds is 9. The van der Waals surface area contributed by atoms with E-state index in [2.05, 4.69) is 10.0 Å². The van der Waals surface area contributed by atoms with Gasteiger partial charge in [-0.15, -0.1) is 11.3 Å². The molecule has 38 heavy (non-hydrogen) atoms. The minimum absolute atomic E-state index is 0.0851. The Kier molecular flexibility index (Phi) is 9.16. The topological polar surface area (TPSA) is 141 Å². The van der Waals surface area contributed by atoms with E-state index in [1.807, 2.05) is 4.90 Å². The Balaban J connectivity index is 1.59. The number of piperidine rings is 2. The fourth-order valence-corrected chi connectivity index (χ4v) is 7.33. The number of thiazole rings is 1. The van der Waals surface area contributed by atoms with Gasteiger partial charge in [-0.25, -0.2) is 17.8 Å². The molecule has 1 aromatic carbocycles. The minimum atomic E-state index is -3.68. The first kappa shape index (κ1) is 28.2. The third kappa shape index (κ3) is 6.41. The van der Waals surface area contributed by atoms with Gasteiger partial charge in [0.15, 0.2) is 5.82 Å². The lowest BCUT2D eigenvalue weighted by molar-refractivity contribution is -0.137. The maximum absolute atomic E-state index is 15.6. The molecule has 2 aliphatic heterocycles. The normalized spacial score (nSPS) is 17.9. The van der Waals surface area contributed by atoms with Crippen LogP contribution in [0.1, 0.15) is 54.8 Å². The standard InChI is InChI=1S/C26H35FN6O3S2/c1-2-16-38(35,36)32-21-5-3-4-19(22(21)27)23-24(20(29)6-11-28)37-25(31-23)17-9-14-33(15-10-17)26(34)18-7-12-30-13-8-18/h3-6,11,17-18,28,30,32H,2,7-10,12-16,29H2,1H3/b20-6-,28-11?. The van der Waals surface area contributed by atoms with Crippen LogP contribution in [0.3, 0.4) is 0 Å². The molecule has 2 aromatic rings. The number of aromatic nitrogens is 1. The summed E-state index contributed by atoms with van der Waals surface area (Å²) in [5.74, 6) is -0.437. The summed E-state index contributed by atoms with van der Waals surface area (Å²) in [6.07, 6.45) is 6.13. The van der Waals surface area contributed by atoms with Gasteiger partial charge in [0.25, 0.3) is 0 Å². The number of nitrogens with one attached hydrogen (secondary N) is 3. The smallest absolute Gasteiger partial charge is 0.232 e. The van der Waals surface area contributed by atoms with Crippen LogP contribution >= 0.6 is 11.3 Å². The molecule has 4 rings (SSSR count). The van der Waals surface area contributed by atoms with E-state index >= 15 is 4.39 Å². The van der Waals surface area contributed by atoms with Crippen LogP contribution in [-0.4, -0.2) is 62.4 Å². The van der Waals surface area contributed by atoms with Gasteiger partial charge in [-0.3, -0.25) is 9.52 Å². The summed E-state index contributed by atoms with van der Waals surface area (Å²) in [5, 5.41) is 11.5. The Labute approximate surface area is 227 Å². The van der Waals surface area contributed by atoms with Gasteiger partial charge in [0.2, 0.25) is 15.9 Å². The number of nitrogens with zero attached hydrogens (tertiary/aromatic N) is 2. The maximum atomic E-state index is 15.6. The molecular formula is C26H35FN6O3S2.